The largest absolute Gasteiger partial charge is 0.477 e. The van der Waals surface area contributed by atoms with E-state index in [2.05, 4.69) is 0 Å². The molecule has 0 aliphatic heterocycles. The lowest BCUT2D eigenvalue weighted by atomic mass is 10.4. The summed E-state index contributed by atoms with van der Waals surface area (Å²) in [6, 6.07) is 0. The number of aliphatic carboxylic acids is 1. The average Bonchev–Trinajstić information content (AvgIpc) is 2.04. The molecule has 0 saturated heterocycles. The van der Waals surface area contributed by atoms with Gasteiger partial charge in [0.15, 0.2) is 6.54 Å². The van der Waals surface area contributed by atoms with Gasteiger partial charge >= 0.3 is 11.9 Å². The first kappa shape index (κ1) is 16.3. The molecule has 0 aliphatic rings. The van der Waals surface area contributed by atoms with Crippen LogP contribution in [0.4, 0.5) is 0 Å². The molecule has 0 radical (unpaired) electrons. The summed E-state index contributed by atoms with van der Waals surface area (Å²) in [6.45, 7) is 6.12. The fraction of sp³-hybridized carbons (Fsp3) is 0.800. The van der Waals surface area contributed by atoms with Crippen LogP contribution in [0.3, 0.4) is 0 Å². The third-order valence-electron chi connectivity index (χ3n) is 1.57. The maximum absolute atomic E-state index is 10.4. The Kier molecular flexibility index (Phi) is 8.96. The molecule has 0 heterocycles. The molecule has 0 unspecified atom stereocenters. The van der Waals surface area contributed by atoms with E-state index >= 15 is 0 Å². The zero-order chi connectivity index (χ0) is 12.5. The van der Waals surface area contributed by atoms with Crippen LogP contribution in [0.1, 0.15) is 20.8 Å². The second-order valence-corrected chi connectivity index (χ2v) is 3.55. The Morgan fingerprint density at radius 2 is 1.73 bits per heavy atom. The number of hydrogen-bond donors (Lipinski definition) is 1. The number of ether oxygens (including phenoxy) is 1. The summed E-state index contributed by atoms with van der Waals surface area (Å²) in [5, 5.41) is 8.53. The molecule has 90 valence electrons. The van der Waals surface area contributed by atoms with Gasteiger partial charge < -0.3 is 14.3 Å². The van der Waals surface area contributed by atoms with Crippen LogP contribution in [0.15, 0.2) is 0 Å². The summed E-state index contributed by atoms with van der Waals surface area (Å²) in [5.74, 6) is -1.19. The van der Waals surface area contributed by atoms with Crippen molar-refractivity contribution in [3.63, 3.8) is 0 Å². The van der Waals surface area contributed by atoms with Gasteiger partial charge in [0.25, 0.3) is 0 Å². The van der Waals surface area contributed by atoms with Gasteiger partial charge in [-0.2, -0.15) is 0 Å². The Morgan fingerprint density at radius 3 is 2.07 bits per heavy atom. The Labute approximate surface area is 91.2 Å². The van der Waals surface area contributed by atoms with Gasteiger partial charge in [-0.25, -0.2) is 4.79 Å². The van der Waals surface area contributed by atoms with Gasteiger partial charge in [-0.05, 0) is 0 Å². The van der Waals surface area contributed by atoms with Crippen molar-refractivity contribution < 1.29 is 23.9 Å². The minimum absolute atomic E-state index is 0.0290. The maximum Gasteiger partial charge on any atom is 0.359 e. The van der Waals surface area contributed by atoms with Crippen LogP contribution >= 0.6 is 0 Å². The third-order valence-corrected chi connectivity index (χ3v) is 1.57. The molecule has 0 spiro atoms. The molecule has 0 aromatic heterocycles. The highest BCUT2D eigenvalue weighted by atomic mass is 16.5. The second-order valence-electron chi connectivity index (χ2n) is 3.55. The van der Waals surface area contributed by atoms with Crippen LogP contribution < -0.4 is 0 Å². The van der Waals surface area contributed by atoms with Gasteiger partial charge in [0, 0.05) is 6.92 Å². The highest BCUT2D eigenvalue weighted by molar-refractivity contribution is 5.68. The summed E-state index contributed by atoms with van der Waals surface area (Å²) in [4.78, 5) is 20.8. The van der Waals surface area contributed by atoms with Crippen LogP contribution in [-0.4, -0.2) is 55.3 Å². The van der Waals surface area contributed by atoms with Crippen molar-refractivity contribution in [2.45, 2.75) is 20.8 Å². The molecule has 0 aromatic rings. The maximum atomic E-state index is 10.4. The number of likely N-dealkylation sites (N-methyl/N-ethyl adjacent to an activating group) is 1. The molecule has 0 rings (SSSR count). The number of rotatable bonds is 5. The SMILES string of the molecule is CC.CC(=O)OCC[N+](C)(C)CC(=O)O. The topological polar surface area (TPSA) is 63.6 Å². The van der Waals surface area contributed by atoms with E-state index < -0.39 is 5.97 Å². The molecule has 0 amide bonds. The first-order chi connectivity index (χ1) is 6.83. The lowest BCUT2D eigenvalue weighted by molar-refractivity contribution is -0.883. The molecule has 0 fully saturated rings. The quantitative estimate of drug-likeness (QED) is 0.548. The first-order valence-electron chi connectivity index (χ1n) is 5.01. The molecule has 15 heavy (non-hydrogen) atoms. The standard InChI is InChI=1S/C8H15NO4.C2H6/c1-7(10)13-5-4-9(2,3)6-8(11)12;1-2/h4-6H2,1-3H3;1-2H3/p+1. The predicted octanol–water partition coefficient (Wildman–Crippen LogP) is 0.737. The molecule has 5 heteroatoms. The smallest absolute Gasteiger partial charge is 0.359 e. The fourth-order valence-corrected chi connectivity index (χ4v) is 0.882. The molecule has 0 saturated carbocycles. The van der Waals surface area contributed by atoms with Crippen LogP contribution in [0.25, 0.3) is 0 Å². The number of carboxylic acid groups (broad SMARTS) is 1. The summed E-state index contributed by atoms with van der Waals surface area (Å²) in [6.07, 6.45) is 0. The molecule has 0 bridgehead atoms. The highest BCUT2D eigenvalue weighted by Gasteiger charge is 2.19. The molecule has 0 aromatic carbocycles. The van der Waals surface area contributed by atoms with Gasteiger partial charge in [-0.3, -0.25) is 4.79 Å². The predicted molar refractivity (Wildman–Crippen MR) is 57.5 cm³/mol. The third kappa shape index (κ3) is 12.9. The Balaban J connectivity index is 0. The Hall–Kier alpha value is -1.10. The average molecular weight is 220 g/mol. The molecular formula is C10H22NO4+. The van der Waals surface area contributed by atoms with E-state index in [-0.39, 0.29) is 19.1 Å². The van der Waals surface area contributed by atoms with E-state index in [9.17, 15) is 9.59 Å². The molecule has 5 nitrogen and oxygen atoms in total. The summed E-state index contributed by atoms with van der Waals surface area (Å²) in [5.41, 5.74) is 0. The fourth-order valence-electron chi connectivity index (χ4n) is 0.882. The number of carbonyl (C=O) groups excluding carboxylic acids is 1. The lowest BCUT2D eigenvalue weighted by Gasteiger charge is -2.27. The van der Waals surface area contributed by atoms with Crippen molar-refractivity contribution in [2.24, 2.45) is 0 Å². The minimum atomic E-state index is -0.854. The zero-order valence-electron chi connectivity index (χ0n) is 10.2. The second kappa shape index (κ2) is 8.23. The Bertz CT molecular complexity index is 202. The van der Waals surface area contributed by atoms with Crippen LogP contribution in [0.2, 0.25) is 0 Å². The van der Waals surface area contributed by atoms with Crippen molar-refractivity contribution >= 4 is 11.9 Å². The number of nitrogens with zero attached hydrogens (tertiary/aromatic N) is 1. The zero-order valence-corrected chi connectivity index (χ0v) is 10.2. The van der Waals surface area contributed by atoms with Crippen molar-refractivity contribution in [1.82, 2.24) is 0 Å². The summed E-state index contributed by atoms with van der Waals surface area (Å²) in [7, 11) is 3.55. The lowest BCUT2D eigenvalue weighted by Crippen LogP contribution is -2.46. The molecular weight excluding hydrogens is 198 g/mol. The molecule has 0 atom stereocenters. The number of carboxylic acids is 1. The number of hydrogen-bond acceptors (Lipinski definition) is 3. The van der Waals surface area contributed by atoms with Crippen LogP contribution in [-0.2, 0) is 14.3 Å². The number of quaternary nitrogens is 1. The van der Waals surface area contributed by atoms with Crippen molar-refractivity contribution in [3.05, 3.63) is 0 Å². The van der Waals surface area contributed by atoms with Crippen LogP contribution in [0.5, 0.6) is 0 Å². The summed E-state index contributed by atoms with van der Waals surface area (Å²) >= 11 is 0. The van der Waals surface area contributed by atoms with Gasteiger partial charge in [0.05, 0.1) is 14.1 Å². The van der Waals surface area contributed by atoms with E-state index in [0.717, 1.165) is 0 Å². The highest BCUT2D eigenvalue weighted by Crippen LogP contribution is 1.96. The van der Waals surface area contributed by atoms with Crippen LogP contribution in [0, 0.1) is 0 Å². The van der Waals surface area contributed by atoms with Gasteiger partial charge in [0.2, 0.25) is 0 Å². The van der Waals surface area contributed by atoms with Gasteiger partial charge in [-0.15, -0.1) is 0 Å². The summed E-state index contributed by atoms with van der Waals surface area (Å²) < 4.78 is 5.02. The van der Waals surface area contributed by atoms with E-state index in [1.54, 1.807) is 14.1 Å². The van der Waals surface area contributed by atoms with Gasteiger partial charge in [-0.1, -0.05) is 13.8 Å². The van der Waals surface area contributed by atoms with Crippen molar-refractivity contribution in [3.8, 4) is 0 Å². The van der Waals surface area contributed by atoms with Crippen molar-refractivity contribution in [1.29, 1.82) is 0 Å². The molecule has 1 N–H and O–H groups in total. The molecule has 0 aliphatic carbocycles. The van der Waals surface area contributed by atoms with E-state index in [4.69, 9.17) is 9.84 Å². The Morgan fingerprint density at radius 1 is 1.27 bits per heavy atom. The van der Waals surface area contributed by atoms with Crippen molar-refractivity contribution in [2.75, 3.05) is 33.8 Å². The van der Waals surface area contributed by atoms with E-state index in [1.807, 2.05) is 13.8 Å². The van der Waals surface area contributed by atoms with E-state index in [1.165, 1.54) is 6.92 Å². The van der Waals surface area contributed by atoms with E-state index in [0.29, 0.717) is 11.0 Å². The normalized spacial score (nSPS) is 9.93. The minimum Gasteiger partial charge on any atom is -0.477 e. The number of esters is 1. The van der Waals surface area contributed by atoms with Gasteiger partial charge in [0.1, 0.15) is 13.2 Å². The monoisotopic (exact) mass is 220 g/mol. The first-order valence-corrected chi connectivity index (χ1v) is 5.01. The number of carbonyl (C=O) groups is 2.